The van der Waals surface area contributed by atoms with E-state index in [1.165, 1.54) is 12.1 Å². The average Bonchev–Trinajstić information content (AvgIpc) is 2.92. The maximum absolute atomic E-state index is 14.3. The molecule has 2 aromatic carbocycles. The van der Waals surface area contributed by atoms with Crippen molar-refractivity contribution < 1.29 is 26.7 Å². The average molecular weight is 587 g/mol. The van der Waals surface area contributed by atoms with E-state index < -0.39 is 31.4 Å². The summed E-state index contributed by atoms with van der Waals surface area (Å²) in [5.41, 5.74) is 0.720. The molecule has 0 fully saturated rings. The first-order valence-corrected chi connectivity index (χ1v) is 18.1. The Balaban J connectivity index is 2.37. The highest BCUT2D eigenvalue weighted by Gasteiger charge is 2.47. The molecule has 1 aliphatic heterocycles. The van der Waals surface area contributed by atoms with Crippen molar-refractivity contribution in [2.75, 3.05) is 30.1 Å². The summed E-state index contributed by atoms with van der Waals surface area (Å²) in [4.78, 5) is 13.1. The minimum Gasteiger partial charge on any atom is -0.481 e. The summed E-state index contributed by atoms with van der Waals surface area (Å²) >= 11 is 1.04. The van der Waals surface area contributed by atoms with E-state index in [1.54, 1.807) is 4.08 Å². The Morgan fingerprint density at radius 2 is 1.86 bits per heavy atom. The van der Waals surface area contributed by atoms with Gasteiger partial charge >= 0.3 is 5.97 Å². The first kappa shape index (κ1) is 29.9. The van der Waals surface area contributed by atoms with Crippen molar-refractivity contribution >= 4 is 57.7 Å². The van der Waals surface area contributed by atoms with E-state index in [1.807, 2.05) is 48.8 Å². The van der Waals surface area contributed by atoms with Crippen molar-refractivity contribution in [2.24, 2.45) is 0 Å². The lowest BCUT2D eigenvalue weighted by Crippen LogP contribution is -2.51. The van der Waals surface area contributed by atoms with Gasteiger partial charge in [0.25, 0.3) is 0 Å². The molecule has 2 aromatic rings. The second-order valence-electron chi connectivity index (χ2n) is 9.18. The van der Waals surface area contributed by atoms with E-state index >= 15 is 0 Å². The molecule has 0 radical (unpaired) electrons. The second-order valence-corrected chi connectivity index (χ2v) is 15.1. The van der Waals surface area contributed by atoms with Crippen LogP contribution in [0.15, 0.2) is 52.3 Å². The number of rotatable bonds is 11. The Labute approximate surface area is 226 Å². The van der Waals surface area contributed by atoms with Crippen LogP contribution in [0, 0.1) is 0 Å². The molecule has 0 bridgehead atoms. The van der Waals surface area contributed by atoms with Crippen molar-refractivity contribution in [3.8, 4) is 0 Å². The predicted octanol–water partition coefficient (Wildman–Crippen LogP) is 5.11. The third kappa shape index (κ3) is 6.33. The van der Waals surface area contributed by atoms with Crippen molar-refractivity contribution in [1.82, 2.24) is 4.08 Å². The van der Waals surface area contributed by atoms with Gasteiger partial charge in [-0.25, -0.2) is 16.8 Å². The lowest BCUT2D eigenvalue weighted by molar-refractivity contribution is -0.133. The highest BCUT2D eigenvalue weighted by atomic mass is 32.2. The van der Waals surface area contributed by atoms with E-state index in [2.05, 4.69) is 6.92 Å². The number of nitrogens with zero attached hydrogens (tertiary/aromatic N) is 2. The molecule has 8 nitrogen and oxygen atoms in total. The molecule has 0 aliphatic carbocycles. The summed E-state index contributed by atoms with van der Waals surface area (Å²) in [5, 5.41) is 9.07. The van der Waals surface area contributed by atoms with E-state index in [0.29, 0.717) is 30.6 Å². The van der Waals surface area contributed by atoms with E-state index in [9.17, 15) is 21.6 Å². The summed E-state index contributed by atoms with van der Waals surface area (Å²) in [5.74, 6) is -1.18. The smallest absolute Gasteiger partial charge is 0.313 e. The SMILES string of the molecule is CCCCC1(CC)CN(c2ccccc2)c2cc(S(C)(=O)=O)c(CSCC(=O)O)cc2S(=O)(=O)N1PC. The molecule has 0 spiro atoms. The number of carboxylic acid groups (broad SMARTS) is 1. The number of hydrogen-bond acceptors (Lipinski definition) is 7. The van der Waals surface area contributed by atoms with Gasteiger partial charge in [0.15, 0.2) is 9.84 Å². The molecule has 12 heteroatoms. The van der Waals surface area contributed by atoms with Gasteiger partial charge in [-0.2, -0.15) is 4.08 Å². The Bertz CT molecular complexity index is 1340. The summed E-state index contributed by atoms with van der Waals surface area (Å²) in [7, 11) is -7.76. The Morgan fingerprint density at radius 1 is 1.19 bits per heavy atom. The maximum atomic E-state index is 14.3. The lowest BCUT2D eigenvalue weighted by atomic mass is 9.89. The molecule has 3 rings (SSSR count). The summed E-state index contributed by atoms with van der Waals surface area (Å²) in [6, 6.07) is 12.4. The molecule has 1 aliphatic rings. The number of hydrogen-bond donors (Lipinski definition) is 1. The fourth-order valence-corrected chi connectivity index (χ4v) is 10.4. The zero-order valence-corrected chi connectivity index (χ0v) is 25.0. The number of aliphatic carboxylic acids is 1. The molecule has 0 amide bonds. The number of benzene rings is 2. The number of thioether (sulfide) groups is 1. The molecule has 37 heavy (non-hydrogen) atoms. The molecule has 204 valence electrons. The molecule has 0 saturated carbocycles. The van der Waals surface area contributed by atoms with Crippen LogP contribution < -0.4 is 4.90 Å². The van der Waals surface area contributed by atoms with E-state index in [0.717, 1.165) is 36.5 Å². The molecule has 1 heterocycles. The van der Waals surface area contributed by atoms with Gasteiger partial charge in [-0.1, -0.05) is 44.9 Å². The van der Waals surface area contributed by atoms with Gasteiger partial charge in [0.1, 0.15) is 4.90 Å². The number of fused-ring (bicyclic) bond motifs is 1. The van der Waals surface area contributed by atoms with Gasteiger partial charge in [-0.3, -0.25) is 4.79 Å². The third-order valence-corrected chi connectivity index (χ3v) is 12.7. The molecule has 2 atom stereocenters. The Hall–Kier alpha value is -1.65. The largest absolute Gasteiger partial charge is 0.481 e. The monoisotopic (exact) mass is 586 g/mol. The van der Waals surface area contributed by atoms with Crippen LogP contribution in [0.5, 0.6) is 0 Å². The quantitative estimate of drug-likeness (QED) is 0.362. The molecule has 0 saturated heterocycles. The van der Waals surface area contributed by atoms with Crippen LogP contribution in [0.4, 0.5) is 11.4 Å². The van der Waals surface area contributed by atoms with Crippen molar-refractivity contribution in [3.63, 3.8) is 0 Å². The summed E-state index contributed by atoms with van der Waals surface area (Å²) in [6.07, 6.45) is 4.15. The highest BCUT2D eigenvalue weighted by molar-refractivity contribution is 7.99. The zero-order chi connectivity index (χ0) is 27.4. The number of anilines is 2. The number of carboxylic acids is 1. The normalized spacial score (nSPS) is 20.2. The Kier molecular flexibility index (Phi) is 9.72. The second kappa shape index (κ2) is 12.0. The van der Waals surface area contributed by atoms with Gasteiger partial charge in [0, 0.05) is 24.2 Å². The minimum absolute atomic E-state index is 0.0170. The number of unbranched alkanes of at least 4 members (excludes halogenated alkanes) is 1. The zero-order valence-electron chi connectivity index (χ0n) is 21.6. The van der Waals surface area contributed by atoms with Crippen LogP contribution in [0.2, 0.25) is 0 Å². The van der Waals surface area contributed by atoms with Gasteiger partial charge < -0.3 is 10.0 Å². The molecule has 1 N–H and O–H groups in total. The number of carbonyl (C=O) groups is 1. The Morgan fingerprint density at radius 3 is 2.41 bits per heavy atom. The number of sulfonamides is 1. The van der Waals surface area contributed by atoms with Crippen LogP contribution >= 0.6 is 20.5 Å². The fourth-order valence-electron chi connectivity index (χ4n) is 4.83. The van der Waals surface area contributed by atoms with Gasteiger partial charge in [0.2, 0.25) is 10.0 Å². The standard InChI is InChI=1S/C25H35N2O6PS3/c1-5-7-13-25(6-2)18-26(20-11-9-8-10-12-20)21-15-22(36(4,30)31)19(16-35-17-24(28)29)14-23(21)37(32,33)27(25)34-3/h8-12,14-15,34H,5-7,13,16-18H2,1-4H3,(H,28,29). The molecule has 0 aromatic heterocycles. The van der Waals surface area contributed by atoms with Crippen molar-refractivity contribution in [1.29, 1.82) is 0 Å². The third-order valence-electron chi connectivity index (χ3n) is 6.64. The van der Waals surface area contributed by atoms with Crippen molar-refractivity contribution in [3.05, 3.63) is 48.0 Å². The summed E-state index contributed by atoms with van der Waals surface area (Å²) in [6.45, 7) is 6.33. The van der Waals surface area contributed by atoms with Crippen LogP contribution in [0.25, 0.3) is 0 Å². The van der Waals surface area contributed by atoms with Gasteiger partial charge in [-0.05, 0) is 58.1 Å². The van der Waals surface area contributed by atoms with E-state index in [-0.39, 0.29) is 30.0 Å². The van der Waals surface area contributed by atoms with Gasteiger partial charge in [-0.15, -0.1) is 11.8 Å². The number of para-hydroxylation sites is 1. The van der Waals surface area contributed by atoms with Crippen LogP contribution in [0.1, 0.15) is 45.1 Å². The number of sulfone groups is 1. The molecular formula is C25H35N2O6PS3. The van der Waals surface area contributed by atoms with Gasteiger partial charge in [0.05, 0.1) is 21.9 Å². The van der Waals surface area contributed by atoms with Crippen LogP contribution in [-0.4, -0.2) is 62.7 Å². The maximum Gasteiger partial charge on any atom is 0.313 e. The van der Waals surface area contributed by atoms with Crippen LogP contribution in [0.3, 0.4) is 0 Å². The minimum atomic E-state index is -4.00. The van der Waals surface area contributed by atoms with Crippen LogP contribution in [-0.2, 0) is 30.4 Å². The molecule has 2 unspecified atom stereocenters. The first-order valence-electron chi connectivity index (χ1n) is 12.1. The summed E-state index contributed by atoms with van der Waals surface area (Å²) < 4.78 is 56.0. The first-order chi connectivity index (χ1) is 17.4. The van der Waals surface area contributed by atoms with Crippen molar-refractivity contribution in [2.45, 2.75) is 60.6 Å². The topological polar surface area (TPSA) is 112 Å². The lowest BCUT2D eigenvalue weighted by Gasteiger charge is -2.42. The van der Waals surface area contributed by atoms with E-state index in [4.69, 9.17) is 5.11 Å². The fraction of sp³-hybridized carbons (Fsp3) is 0.480. The molecular weight excluding hydrogens is 551 g/mol. The highest BCUT2D eigenvalue weighted by Crippen LogP contribution is 2.48. The predicted molar refractivity (Wildman–Crippen MR) is 153 cm³/mol.